The summed E-state index contributed by atoms with van der Waals surface area (Å²) in [5.74, 6) is 0.0389. The van der Waals surface area contributed by atoms with E-state index in [1.54, 1.807) is 4.90 Å². The van der Waals surface area contributed by atoms with E-state index in [0.29, 0.717) is 28.9 Å². The summed E-state index contributed by atoms with van der Waals surface area (Å²) in [5.41, 5.74) is 3.07. The first-order valence-electron chi connectivity index (χ1n) is 15.2. The maximum absolute atomic E-state index is 13.6. The van der Waals surface area contributed by atoms with Crippen LogP contribution in [0.25, 0.3) is 0 Å². The Bertz CT molecular complexity index is 1100. The molecule has 2 heterocycles. The third-order valence-corrected chi connectivity index (χ3v) is 10.7. The minimum Gasteiger partial charge on any atom is -0.384 e. The molecule has 0 radical (unpaired) electrons. The average Bonchev–Trinajstić information content (AvgIpc) is 3.22. The lowest BCUT2D eigenvalue weighted by atomic mass is 9.69. The van der Waals surface area contributed by atoms with Crippen molar-refractivity contribution < 1.29 is 14.4 Å². The molecule has 1 aromatic rings. The summed E-state index contributed by atoms with van der Waals surface area (Å²) in [6, 6.07) is 5.81. The van der Waals surface area contributed by atoms with Gasteiger partial charge in [0, 0.05) is 24.7 Å². The Morgan fingerprint density at radius 3 is 2.44 bits per heavy atom. The van der Waals surface area contributed by atoms with Gasteiger partial charge in [-0.2, -0.15) is 0 Å². The Morgan fingerprint density at radius 1 is 1.00 bits per heavy atom. The van der Waals surface area contributed by atoms with Gasteiger partial charge in [0.15, 0.2) is 0 Å². The smallest absolute Gasteiger partial charge is 0.260 e. The average molecular weight is 538 g/mol. The second-order valence-corrected chi connectivity index (χ2v) is 13.0. The number of nitrogens with zero attached hydrogens (tertiary/aromatic N) is 1. The molecule has 8 nitrogen and oxygen atoms in total. The largest absolute Gasteiger partial charge is 0.384 e. The van der Waals surface area contributed by atoms with Gasteiger partial charge in [-0.1, -0.05) is 46.1 Å². The normalized spacial score (nSPS) is 31.2. The van der Waals surface area contributed by atoms with E-state index in [9.17, 15) is 14.4 Å². The quantitative estimate of drug-likeness (QED) is 0.237. The number of unbranched alkanes of at least 4 members (excludes halogenated alkanes) is 4. The van der Waals surface area contributed by atoms with E-state index in [4.69, 9.17) is 0 Å². The molecule has 0 aromatic heterocycles. The van der Waals surface area contributed by atoms with Gasteiger partial charge < -0.3 is 20.9 Å². The van der Waals surface area contributed by atoms with Crippen molar-refractivity contribution in [3.63, 3.8) is 0 Å². The molecule has 2 aliphatic heterocycles. The van der Waals surface area contributed by atoms with Gasteiger partial charge in [0.05, 0.1) is 17.4 Å². The first kappa shape index (κ1) is 27.9. The number of rotatable bonds is 11. The van der Waals surface area contributed by atoms with Crippen LogP contribution in [0.4, 0.5) is 11.4 Å². The molecule has 8 heteroatoms. The van der Waals surface area contributed by atoms with Crippen molar-refractivity contribution in [2.75, 3.05) is 23.7 Å². The van der Waals surface area contributed by atoms with Crippen LogP contribution in [0.2, 0.25) is 0 Å². The number of piperidine rings is 1. The predicted molar refractivity (Wildman–Crippen MR) is 154 cm³/mol. The van der Waals surface area contributed by atoms with Gasteiger partial charge in [-0.25, -0.2) is 0 Å². The summed E-state index contributed by atoms with van der Waals surface area (Å²) in [5, 5.41) is 13.1. The molecule has 3 fully saturated rings. The fourth-order valence-corrected chi connectivity index (χ4v) is 7.80. The molecule has 1 saturated heterocycles. The van der Waals surface area contributed by atoms with Crippen molar-refractivity contribution in [1.29, 1.82) is 0 Å². The van der Waals surface area contributed by atoms with Crippen molar-refractivity contribution in [2.45, 2.75) is 110 Å². The Labute approximate surface area is 233 Å². The molecule has 1 aromatic carbocycles. The number of nitrogens with one attached hydrogen (secondary N) is 4. The van der Waals surface area contributed by atoms with E-state index in [2.05, 4.69) is 42.0 Å². The standard InChI is InChI=1S/C31H47N5O3/c1-20-34-23-12-10-11-22(27(23)29(39)36(20)24-13-14-26(37)35-28(24)38)32-17-8-6-5-7-9-18-33-25-19-21-15-16-31(25,4)30(21,2)3/h10-12,20-21,24-25,32-34H,5-9,13-19H2,1-4H3,(H,35,37,38)/t20?,21-,24+,25?,31+/m1/s1. The fourth-order valence-electron chi connectivity index (χ4n) is 7.80. The SMILES string of the molecule is CC1Nc2cccc(NCCCCCCCNC3C[C@H]4CC[C@]3(C)C4(C)C)c2C(=O)N1[C@H]1CCC(=O)NC1=O. The number of anilines is 2. The van der Waals surface area contributed by atoms with Gasteiger partial charge in [0.25, 0.3) is 5.91 Å². The predicted octanol–water partition coefficient (Wildman–Crippen LogP) is 4.87. The fraction of sp³-hybridized carbons (Fsp3) is 0.710. The molecule has 3 amide bonds. The van der Waals surface area contributed by atoms with Crippen molar-refractivity contribution in [2.24, 2.45) is 16.7 Å². The van der Waals surface area contributed by atoms with Crippen LogP contribution in [-0.2, 0) is 9.59 Å². The number of benzene rings is 1. The number of fused-ring (bicyclic) bond motifs is 3. The minimum absolute atomic E-state index is 0.172. The zero-order valence-electron chi connectivity index (χ0n) is 24.2. The van der Waals surface area contributed by atoms with Crippen LogP contribution < -0.4 is 21.3 Å². The molecule has 214 valence electrons. The van der Waals surface area contributed by atoms with Crippen LogP contribution in [0.5, 0.6) is 0 Å². The van der Waals surface area contributed by atoms with E-state index in [-0.39, 0.29) is 24.4 Å². The third kappa shape index (κ3) is 5.17. The molecule has 5 rings (SSSR count). The summed E-state index contributed by atoms with van der Waals surface area (Å²) in [6.07, 6.45) is 10.3. The van der Waals surface area contributed by atoms with Crippen molar-refractivity contribution in [3.8, 4) is 0 Å². The zero-order chi connectivity index (χ0) is 27.8. The highest BCUT2D eigenvalue weighted by Gasteiger charge is 2.60. The van der Waals surface area contributed by atoms with Crippen molar-refractivity contribution in [1.82, 2.24) is 15.5 Å². The number of carbonyl (C=O) groups excluding carboxylic acids is 3. The molecule has 2 saturated carbocycles. The van der Waals surface area contributed by atoms with E-state index < -0.39 is 11.9 Å². The van der Waals surface area contributed by atoms with Gasteiger partial charge in [-0.05, 0) is 80.9 Å². The number of imide groups is 1. The van der Waals surface area contributed by atoms with E-state index in [1.807, 2.05) is 25.1 Å². The van der Waals surface area contributed by atoms with Crippen LogP contribution in [-0.4, -0.2) is 54.0 Å². The molecule has 2 bridgehead atoms. The van der Waals surface area contributed by atoms with Crippen LogP contribution in [0.1, 0.15) is 102 Å². The molecular formula is C31H47N5O3. The number of amides is 3. The maximum atomic E-state index is 13.6. The highest BCUT2D eigenvalue weighted by molar-refractivity contribution is 6.09. The highest BCUT2D eigenvalue weighted by Crippen LogP contribution is 2.65. The van der Waals surface area contributed by atoms with Gasteiger partial charge in [0.1, 0.15) is 6.04 Å². The molecule has 39 heavy (non-hydrogen) atoms. The lowest BCUT2D eigenvalue weighted by molar-refractivity contribution is -0.137. The summed E-state index contributed by atoms with van der Waals surface area (Å²) < 4.78 is 0. The first-order chi connectivity index (χ1) is 18.6. The number of hydrogen-bond donors (Lipinski definition) is 4. The maximum Gasteiger partial charge on any atom is 0.260 e. The Hall–Kier alpha value is -2.61. The molecule has 2 aliphatic carbocycles. The van der Waals surface area contributed by atoms with Crippen LogP contribution in [0.15, 0.2) is 18.2 Å². The summed E-state index contributed by atoms with van der Waals surface area (Å²) in [6.45, 7) is 11.3. The molecular weight excluding hydrogens is 490 g/mol. The van der Waals surface area contributed by atoms with Gasteiger partial charge in [0.2, 0.25) is 11.8 Å². The van der Waals surface area contributed by atoms with Crippen molar-refractivity contribution in [3.05, 3.63) is 23.8 Å². The van der Waals surface area contributed by atoms with Crippen LogP contribution in [0, 0.1) is 16.7 Å². The van der Waals surface area contributed by atoms with Crippen LogP contribution in [0.3, 0.4) is 0 Å². The monoisotopic (exact) mass is 537 g/mol. The minimum atomic E-state index is -0.647. The molecule has 4 aliphatic rings. The molecule has 2 unspecified atom stereocenters. The molecule has 5 atom stereocenters. The van der Waals surface area contributed by atoms with Gasteiger partial charge in [-0.15, -0.1) is 0 Å². The lowest BCUT2D eigenvalue weighted by Crippen LogP contribution is -2.60. The summed E-state index contributed by atoms with van der Waals surface area (Å²) in [7, 11) is 0. The van der Waals surface area contributed by atoms with Gasteiger partial charge in [-0.3, -0.25) is 19.7 Å². The van der Waals surface area contributed by atoms with Gasteiger partial charge >= 0.3 is 0 Å². The topological polar surface area (TPSA) is 103 Å². The second-order valence-electron chi connectivity index (χ2n) is 13.0. The Balaban J connectivity index is 1.04. The molecule has 0 spiro atoms. The van der Waals surface area contributed by atoms with Crippen LogP contribution >= 0.6 is 0 Å². The number of hydrogen-bond acceptors (Lipinski definition) is 6. The summed E-state index contributed by atoms with van der Waals surface area (Å²) in [4.78, 5) is 39.3. The highest BCUT2D eigenvalue weighted by atomic mass is 16.2. The lowest BCUT2D eigenvalue weighted by Gasteiger charge is -2.41. The van der Waals surface area contributed by atoms with E-state index >= 15 is 0 Å². The second kappa shape index (κ2) is 11.1. The first-order valence-corrected chi connectivity index (χ1v) is 15.2. The van der Waals surface area contributed by atoms with E-state index in [0.717, 1.165) is 43.2 Å². The Morgan fingerprint density at radius 2 is 1.74 bits per heavy atom. The van der Waals surface area contributed by atoms with Crippen molar-refractivity contribution >= 4 is 29.1 Å². The number of carbonyl (C=O) groups is 3. The summed E-state index contributed by atoms with van der Waals surface area (Å²) >= 11 is 0. The Kier molecular flexibility index (Phi) is 7.96. The molecule has 4 N–H and O–H groups in total. The zero-order valence-corrected chi connectivity index (χ0v) is 24.2. The van der Waals surface area contributed by atoms with E-state index in [1.165, 1.54) is 38.5 Å². The third-order valence-electron chi connectivity index (χ3n) is 10.7.